The molecule has 2 aliphatic heterocycles. The predicted molar refractivity (Wildman–Crippen MR) is 241 cm³/mol. The van der Waals surface area contributed by atoms with Gasteiger partial charge >= 0.3 is 21.1 Å². The number of para-hydroxylation sites is 1. The maximum Gasteiger partial charge on any atom is 2.00 e. The van der Waals surface area contributed by atoms with Crippen LogP contribution in [0.3, 0.4) is 0 Å². The molecule has 1 aliphatic carbocycles. The summed E-state index contributed by atoms with van der Waals surface area (Å²) in [6.45, 7) is 31.1. The molecule has 3 heterocycles. The summed E-state index contributed by atoms with van der Waals surface area (Å²) in [5.74, 6) is 2.67. The smallest absolute Gasteiger partial charge is 0.509 e. The Bertz CT molecular complexity index is 2810. The molecule has 0 saturated heterocycles. The second-order valence-corrected chi connectivity index (χ2v) is 19.0. The molecular weight excluding hydrogens is 918 g/mol. The Morgan fingerprint density at radius 1 is 0.700 bits per heavy atom. The third-order valence-electron chi connectivity index (χ3n) is 13.8. The van der Waals surface area contributed by atoms with Crippen molar-refractivity contribution in [2.45, 2.75) is 119 Å². The van der Waals surface area contributed by atoms with Gasteiger partial charge in [0.05, 0.1) is 0 Å². The van der Waals surface area contributed by atoms with E-state index in [4.69, 9.17) is 19.5 Å². The van der Waals surface area contributed by atoms with Crippen LogP contribution in [0.25, 0.3) is 11.1 Å². The summed E-state index contributed by atoms with van der Waals surface area (Å²) in [7, 11) is 0. The number of fused-ring (bicyclic) bond motifs is 8. The van der Waals surface area contributed by atoms with E-state index >= 15 is 0 Å². The molecule has 5 nitrogen and oxygen atoms in total. The van der Waals surface area contributed by atoms with Crippen LogP contribution in [0.5, 0.6) is 11.5 Å². The van der Waals surface area contributed by atoms with Gasteiger partial charge in [-0.25, -0.2) is 4.98 Å². The minimum Gasteiger partial charge on any atom is -0.509 e. The van der Waals surface area contributed by atoms with Crippen LogP contribution in [0.4, 0.5) is 17.2 Å². The predicted octanol–water partition coefficient (Wildman–Crippen LogP) is 13.8. The molecule has 60 heavy (non-hydrogen) atoms. The number of aryl methyl sites for hydroxylation is 4. The van der Waals surface area contributed by atoms with Gasteiger partial charge in [0.2, 0.25) is 0 Å². The van der Waals surface area contributed by atoms with Crippen molar-refractivity contribution in [1.82, 2.24) is 4.98 Å². The van der Waals surface area contributed by atoms with Crippen molar-refractivity contribution in [1.29, 1.82) is 0 Å². The first-order chi connectivity index (χ1) is 27.8. The average molecular weight is 973 g/mol. The van der Waals surface area contributed by atoms with E-state index in [1.165, 1.54) is 66.8 Å². The van der Waals surface area contributed by atoms with E-state index < -0.39 is 5.54 Å². The third-order valence-corrected chi connectivity index (χ3v) is 13.8. The van der Waals surface area contributed by atoms with E-state index in [9.17, 15) is 0 Å². The number of nitrogens with zero attached hydrogens (tertiary/aromatic N) is 3. The molecule has 9 rings (SSSR count). The van der Waals surface area contributed by atoms with Gasteiger partial charge in [-0.1, -0.05) is 102 Å². The minimum atomic E-state index is -0.627. The molecule has 2 atom stereocenters. The zero-order valence-electron chi connectivity index (χ0n) is 37.5. The fourth-order valence-corrected chi connectivity index (χ4v) is 9.78. The number of aromatic nitrogens is 1. The van der Waals surface area contributed by atoms with E-state index in [0.717, 1.165) is 39.4 Å². The first-order valence-corrected chi connectivity index (χ1v) is 20.9. The molecule has 0 fully saturated rings. The summed E-state index contributed by atoms with van der Waals surface area (Å²) < 4.78 is 13.9. The normalized spacial score (nSPS) is 18.3. The van der Waals surface area contributed by atoms with E-state index in [-0.39, 0.29) is 38.0 Å². The standard InChI is InChI=1S/C54H55N3O2.Pt/c1-29-24-40-48(35(7)33(29)5)49-36(8)34(6)30(2)25-43(49)54(14)50(40)59-51(56-54)39-28-46(32(4)23-31(39)3)58-38-19-20-42-45(27-38)57(44-18-16-15-17-41(44)53(42,12)13)47-26-37(21-22-55-47)52(9,10)11;/h15-26,50H,1-14H3;/q-2;+2/t50-,54+;/m0./s1. The van der Waals surface area contributed by atoms with Crippen molar-refractivity contribution in [2.75, 3.05) is 4.90 Å². The van der Waals surface area contributed by atoms with Crippen LogP contribution in [0, 0.1) is 67.5 Å². The first-order valence-electron chi connectivity index (χ1n) is 20.9. The number of ether oxygens (including phenoxy) is 2. The van der Waals surface area contributed by atoms with Crippen LogP contribution < -0.4 is 9.64 Å². The van der Waals surface area contributed by atoms with Crippen LogP contribution in [0.1, 0.15) is 126 Å². The molecule has 0 spiro atoms. The zero-order chi connectivity index (χ0) is 42.1. The number of hydrogen-bond acceptors (Lipinski definition) is 5. The van der Waals surface area contributed by atoms with Crippen LogP contribution >= 0.6 is 0 Å². The molecule has 0 amide bonds. The Labute approximate surface area is 371 Å². The van der Waals surface area contributed by atoms with Crippen LogP contribution in [0.2, 0.25) is 0 Å². The van der Waals surface area contributed by atoms with Crippen molar-refractivity contribution < 1.29 is 30.5 Å². The number of rotatable bonds is 4. The van der Waals surface area contributed by atoms with Gasteiger partial charge in [-0.15, -0.1) is 29.3 Å². The second-order valence-electron chi connectivity index (χ2n) is 19.0. The Kier molecular flexibility index (Phi) is 9.95. The van der Waals surface area contributed by atoms with Crippen LogP contribution in [-0.4, -0.2) is 10.9 Å². The molecule has 0 bridgehead atoms. The molecule has 0 unspecified atom stereocenters. The molecule has 0 N–H and O–H groups in total. The van der Waals surface area contributed by atoms with Crippen molar-refractivity contribution in [2.24, 2.45) is 4.99 Å². The Morgan fingerprint density at radius 2 is 1.38 bits per heavy atom. The fraction of sp³-hybridized carbons (Fsp3) is 0.333. The molecule has 6 heteroatoms. The van der Waals surface area contributed by atoms with Crippen molar-refractivity contribution in [3.8, 4) is 22.6 Å². The van der Waals surface area contributed by atoms with Crippen molar-refractivity contribution >= 4 is 23.1 Å². The maximum absolute atomic E-state index is 7.09. The van der Waals surface area contributed by atoms with E-state index in [1.807, 2.05) is 12.3 Å². The maximum atomic E-state index is 7.09. The molecule has 308 valence electrons. The SMILES string of the molecule is Cc1cc(C)c(C2=N[C@]3(C)c4cc(C)c(C)c(C)c4-c4c(cc(C)c(C)c4C)[C@@H]3O2)[c-]c1Oc1[c-]c2c(cc1)C(C)(C)c1ccccc1N2c1cc(C(C)(C)C)ccn1.[Pt+2]. The zero-order valence-corrected chi connectivity index (χ0v) is 39.8. The van der Waals surface area contributed by atoms with Gasteiger partial charge in [0.1, 0.15) is 23.4 Å². The van der Waals surface area contributed by atoms with Crippen molar-refractivity contribution in [3.05, 3.63) is 163 Å². The van der Waals surface area contributed by atoms with E-state index in [1.54, 1.807) is 0 Å². The van der Waals surface area contributed by atoms with E-state index in [2.05, 4.69) is 175 Å². The summed E-state index contributed by atoms with van der Waals surface area (Å²) in [4.78, 5) is 12.7. The topological polar surface area (TPSA) is 47.0 Å². The second kappa shape index (κ2) is 14.3. The summed E-state index contributed by atoms with van der Waals surface area (Å²) in [5.41, 5.74) is 20.3. The monoisotopic (exact) mass is 972 g/mol. The summed E-state index contributed by atoms with van der Waals surface area (Å²) in [6, 6.07) is 31.4. The van der Waals surface area contributed by atoms with E-state index in [0.29, 0.717) is 17.4 Å². The fourth-order valence-electron chi connectivity index (χ4n) is 9.78. The van der Waals surface area contributed by atoms with Gasteiger partial charge in [-0.3, -0.25) is 4.99 Å². The largest absolute Gasteiger partial charge is 2.00 e. The van der Waals surface area contributed by atoms with Gasteiger partial charge in [-0.2, -0.15) is 6.07 Å². The molecule has 0 saturated carbocycles. The van der Waals surface area contributed by atoms with Gasteiger partial charge in [0.25, 0.3) is 0 Å². The minimum absolute atomic E-state index is 0. The third kappa shape index (κ3) is 6.21. The molecule has 6 aromatic rings. The number of anilines is 3. The molecular formula is C54H55N3O2Pt. The summed E-state index contributed by atoms with van der Waals surface area (Å²) >= 11 is 0. The number of hydrogen-bond donors (Lipinski definition) is 0. The molecule has 5 aromatic carbocycles. The Balaban J connectivity index is 0.00000499. The van der Waals surface area contributed by atoms with Crippen LogP contribution in [0.15, 0.2) is 77.9 Å². The quantitative estimate of drug-likeness (QED) is 0.165. The molecule has 3 aliphatic rings. The summed E-state index contributed by atoms with van der Waals surface area (Å²) in [5, 5.41) is 0. The Hall–Kier alpha value is -4.99. The van der Waals surface area contributed by atoms with Gasteiger partial charge < -0.3 is 14.4 Å². The number of benzene rings is 5. The number of aliphatic imine (C=N–C) groups is 1. The van der Waals surface area contributed by atoms with Gasteiger partial charge in [0.15, 0.2) is 0 Å². The Morgan fingerprint density at radius 3 is 2.10 bits per heavy atom. The average Bonchev–Trinajstić information content (AvgIpc) is 3.55. The molecule has 1 aromatic heterocycles. The first kappa shape index (κ1) is 41.7. The number of pyridine rings is 1. The van der Waals surface area contributed by atoms with Gasteiger partial charge in [0, 0.05) is 28.9 Å². The van der Waals surface area contributed by atoms with Crippen molar-refractivity contribution in [3.63, 3.8) is 0 Å². The summed E-state index contributed by atoms with van der Waals surface area (Å²) in [6.07, 6.45) is 1.63. The van der Waals surface area contributed by atoms with Gasteiger partial charge in [-0.05, 0) is 139 Å². The molecule has 0 radical (unpaired) electrons. The van der Waals surface area contributed by atoms with Crippen LogP contribution in [-0.2, 0) is 42.2 Å².